The Morgan fingerprint density at radius 3 is 2.12 bits per heavy atom. The first-order chi connectivity index (χ1) is 11.5. The van der Waals surface area contributed by atoms with Crippen LogP contribution >= 0.6 is 0 Å². The predicted octanol–water partition coefficient (Wildman–Crippen LogP) is 3.66. The highest BCUT2D eigenvalue weighted by Crippen LogP contribution is 2.22. The fraction of sp³-hybridized carbons (Fsp3) is 0.150. The van der Waals surface area contributed by atoms with Crippen molar-refractivity contribution in [1.29, 1.82) is 0 Å². The number of nitrogens with two attached hydrogens (primary N) is 1. The lowest BCUT2D eigenvalue weighted by Crippen LogP contribution is -2.09. The number of aliphatic carboxylic acids is 1. The molecule has 4 N–H and O–H groups in total. The molecule has 0 aliphatic rings. The molecule has 0 aliphatic heterocycles. The summed E-state index contributed by atoms with van der Waals surface area (Å²) < 4.78 is 0. The largest absolute Gasteiger partial charge is 0.479 e. The van der Waals surface area contributed by atoms with Crippen LogP contribution in [0.15, 0.2) is 72.8 Å². The number of hydrogen-bond donors (Lipinski definition) is 3. The summed E-state index contributed by atoms with van der Waals surface area (Å²) in [4.78, 5) is 10.2. The van der Waals surface area contributed by atoms with E-state index in [1.807, 2.05) is 19.1 Å². The zero-order valence-corrected chi connectivity index (χ0v) is 13.5. The lowest BCUT2D eigenvalue weighted by Gasteiger charge is -2.09. The molecule has 0 saturated carbocycles. The molecular formula is C20H21NO3. The zero-order valence-electron chi connectivity index (χ0n) is 13.5. The van der Waals surface area contributed by atoms with Crippen LogP contribution < -0.4 is 5.73 Å². The van der Waals surface area contributed by atoms with Gasteiger partial charge in [-0.05, 0) is 28.8 Å². The highest BCUT2D eigenvalue weighted by molar-refractivity contribution is 5.86. The fourth-order valence-electron chi connectivity index (χ4n) is 2.43. The molecule has 4 heteroatoms. The maximum Gasteiger partial charge on any atom is 0.337 e. The normalized spacial score (nSPS) is 12.8. The van der Waals surface area contributed by atoms with Crippen LogP contribution in [0.1, 0.15) is 30.2 Å². The Morgan fingerprint density at radius 1 is 0.917 bits per heavy atom. The van der Waals surface area contributed by atoms with E-state index in [2.05, 4.69) is 30.3 Å². The van der Waals surface area contributed by atoms with Crippen LogP contribution in [-0.4, -0.2) is 16.2 Å². The number of carboxylic acid groups (broad SMARTS) is 1. The number of benzene rings is 3. The van der Waals surface area contributed by atoms with E-state index >= 15 is 0 Å². The number of rotatable bonds is 3. The average Bonchev–Trinajstić information content (AvgIpc) is 2.61. The van der Waals surface area contributed by atoms with Crippen LogP contribution in [-0.2, 0) is 4.79 Å². The van der Waals surface area contributed by atoms with Gasteiger partial charge in [0.25, 0.3) is 0 Å². The summed E-state index contributed by atoms with van der Waals surface area (Å²) in [5.41, 5.74) is 7.50. The highest BCUT2D eigenvalue weighted by Gasteiger charge is 2.14. The smallest absolute Gasteiger partial charge is 0.337 e. The van der Waals surface area contributed by atoms with Crippen LogP contribution in [0.2, 0.25) is 0 Å². The number of aliphatic hydroxyl groups excluding tert-OH is 1. The van der Waals surface area contributed by atoms with E-state index < -0.39 is 12.1 Å². The minimum Gasteiger partial charge on any atom is -0.479 e. The molecule has 3 rings (SSSR count). The second kappa shape index (κ2) is 8.24. The Balaban J connectivity index is 0.000000177. The topological polar surface area (TPSA) is 83.6 Å². The Bertz CT molecular complexity index is 795. The van der Waals surface area contributed by atoms with Gasteiger partial charge in [-0.1, -0.05) is 72.8 Å². The molecule has 3 aromatic carbocycles. The third-order valence-corrected chi connectivity index (χ3v) is 3.66. The van der Waals surface area contributed by atoms with E-state index in [0.717, 1.165) is 0 Å². The quantitative estimate of drug-likeness (QED) is 0.687. The van der Waals surface area contributed by atoms with Crippen LogP contribution in [0.25, 0.3) is 10.8 Å². The van der Waals surface area contributed by atoms with Crippen molar-refractivity contribution in [2.24, 2.45) is 5.73 Å². The summed E-state index contributed by atoms with van der Waals surface area (Å²) >= 11 is 0. The lowest BCUT2D eigenvalue weighted by atomic mass is 10.0. The molecule has 0 bridgehead atoms. The van der Waals surface area contributed by atoms with Gasteiger partial charge in [0, 0.05) is 6.04 Å². The van der Waals surface area contributed by atoms with E-state index in [1.54, 1.807) is 30.3 Å². The fourth-order valence-corrected chi connectivity index (χ4v) is 2.43. The highest BCUT2D eigenvalue weighted by atomic mass is 16.4. The third-order valence-electron chi connectivity index (χ3n) is 3.66. The van der Waals surface area contributed by atoms with E-state index in [4.69, 9.17) is 15.9 Å². The molecule has 124 valence electrons. The zero-order chi connectivity index (χ0) is 17.5. The third kappa shape index (κ3) is 4.41. The summed E-state index contributed by atoms with van der Waals surface area (Å²) in [6.07, 6.45) is -1.41. The van der Waals surface area contributed by atoms with Gasteiger partial charge in [0.15, 0.2) is 6.10 Å². The van der Waals surface area contributed by atoms with E-state index in [1.165, 1.54) is 16.3 Å². The van der Waals surface area contributed by atoms with E-state index in [0.29, 0.717) is 5.56 Å². The Hall–Kier alpha value is -2.69. The minimum absolute atomic E-state index is 0.103. The molecule has 0 aliphatic carbocycles. The van der Waals surface area contributed by atoms with Gasteiger partial charge in [-0.15, -0.1) is 0 Å². The molecule has 0 heterocycles. The van der Waals surface area contributed by atoms with Crippen LogP contribution in [0, 0.1) is 0 Å². The SMILES string of the molecule is C[C@H](N)c1cccc2ccccc12.O=C(O)C(O)c1ccccc1. The van der Waals surface area contributed by atoms with Gasteiger partial charge in [-0.2, -0.15) is 0 Å². The minimum atomic E-state index is -1.41. The summed E-state index contributed by atoms with van der Waals surface area (Å²) in [7, 11) is 0. The number of carboxylic acids is 1. The summed E-state index contributed by atoms with van der Waals surface area (Å²) in [6.45, 7) is 2.02. The predicted molar refractivity (Wildman–Crippen MR) is 95.6 cm³/mol. The second-order valence-electron chi connectivity index (χ2n) is 5.51. The van der Waals surface area contributed by atoms with Crippen LogP contribution in [0.5, 0.6) is 0 Å². The Kier molecular flexibility index (Phi) is 6.07. The van der Waals surface area contributed by atoms with Crippen molar-refractivity contribution in [2.75, 3.05) is 0 Å². The molecule has 3 aromatic rings. The molecule has 4 nitrogen and oxygen atoms in total. The van der Waals surface area contributed by atoms with Gasteiger partial charge in [0.1, 0.15) is 0 Å². The van der Waals surface area contributed by atoms with Crippen molar-refractivity contribution < 1.29 is 15.0 Å². The number of hydrogen-bond acceptors (Lipinski definition) is 3. The van der Waals surface area contributed by atoms with Gasteiger partial charge >= 0.3 is 5.97 Å². The van der Waals surface area contributed by atoms with Crippen molar-refractivity contribution in [3.8, 4) is 0 Å². The standard InChI is InChI=1S/C12H13N.C8H8O3/c1-9(13)11-8-4-6-10-5-2-3-7-12(10)11;9-7(8(10)11)6-4-2-1-3-5-6/h2-9H,13H2,1H3;1-5,7,9H,(H,10,11)/t9-;/m0./s1. The van der Waals surface area contributed by atoms with Gasteiger partial charge in [0.2, 0.25) is 0 Å². The molecule has 0 amide bonds. The molecule has 2 atom stereocenters. The average molecular weight is 323 g/mol. The molecule has 0 aromatic heterocycles. The van der Waals surface area contributed by atoms with Crippen molar-refractivity contribution in [2.45, 2.75) is 19.1 Å². The van der Waals surface area contributed by atoms with Crippen LogP contribution in [0.4, 0.5) is 0 Å². The molecule has 1 unspecified atom stereocenters. The first kappa shape index (κ1) is 17.7. The molecule has 0 spiro atoms. The summed E-state index contributed by atoms with van der Waals surface area (Å²) in [5.74, 6) is -1.23. The molecule has 0 radical (unpaired) electrons. The summed E-state index contributed by atoms with van der Waals surface area (Å²) in [5, 5.41) is 19.9. The van der Waals surface area contributed by atoms with E-state index in [9.17, 15) is 4.79 Å². The first-order valence-corrected chi connectivity index (χ1v) is 7.69. The maximum absolute atomic E-state index is 10.2. The second-order valence-corrected chi connectivity index (χ2v) is 5.51. The van der Waals surface area contributed by atoms with Crippen molar-refractivity contribution in [1.82, 2.24) is 0 Å². The van der Waals surface area contributed by atoms with Crippen molar-refractivity contribution >= 4 is 16.7 Å². The molecule has 24 heavy (non-hydrogen) atoms. The summed E-state index contributed by atoms with van der Waals surface area (Å²) in [6, 6.07) is 23.0. The molecule has 0 fully saturated rings. The number of fused-ring (bicyclic) bond motifs is 1. The lowest BCUT2D eigenvalue weighted by molar-refractivity contribution is -0.146. The number of carbonyl (C=O) groups is 1. The Labute approximate surface area is 141 Å². The van der Waals surface area contributed by atoms with Crippen LogP contribution in [0.3, 0.4) is 0 Å². The first-order valence-electron chi connectivity index (χ1n) is 7.69. The van der Waals surface area contributed by atoms with Gasteiger partial charge in [0.05, 0.1) is 0 Å². The monoisotopic (exact) mass is 323 g/mol. The van der Waals surface area contributed by atoms with Crippen molar-refractivity contribution in [3.05, 3.63) is 83.9 Å². The van der Waals surface area contributed by atoms with Gasteiger partial charge in [-0.25, -0.2) is 4.79 Å². The molecule has 0 saturated heterocycles. The van der Waals surface area contributed by atoms with E-state index in [-0.39, 0.29) is 6.04 Å². The van der Waals surface area contributed by atoms with Gasteiger partial charge < -0.3 is 15.9 Å². The maximum atomic E-state index is 10.2. The van der Waals surface area contributed by atoms with Gasteiger partial charge in [-0.3, -0.25) is 0 Å². The van der Waals surface area contributed by atoms with Crippen molar-refractivity contribution in [3.63, 3.8) is 0 Å². The molecular weight excluding hydrogens is 302 g/mol. The Morgan fingerprint density at radius 2 is 1.50 bits per heavy atom. The number of aliphatic hydroxyl groups is 1.